The van der Waals surface area contributed by atoms with Crippen molar-refractivity contribution in [2.45, 2.75) is 26.3 Å². The second-order valence-corrected chi connectivity index (χ2v) is 5.89. The summed E-state index contributed by atoms with van der Waals surface area (Å²) in [6.45, 7) is 4.92. The summed E-state index contributed by atoms with van der Waals surface area (Å²) in [7, 11) is 0. The van der Waals surface area contributed by atoms with Crippen LogP contribution in [0.2, 0.25) is 5.02 Å². The smallest absolute Gasteiger partial charge is 0.125 e. The van der Waals surface area contributed by atoms with Crippen LogP contribution in [-0.2, 0) is 6.42 Å². The van der Waals surface area contributed by atoms with Gasteiger partial charge in [-0.15, -0.1) is 0 Å². The minimum absolute atomic E-state index is 0.210. The van der Waals surface area contributed by atoms with E-state index < -0.39 is 0 Å². The third-order valence-corrected chi connectivity index (χ3v) is 4.05. The second-order valence-electron chi connectivity index (χ2n) is 5.46. The summed E-state index contributed by atoms with van der Waals surface area (Å²) in [5.74, 6) is 0.805. The number of nitrogens with one attached hydrogen (secondary N) is 2. The Balaban J connectivity index is 1.62. The van der Waals surface area contributed by atoms with Crippen LogP contribution in [0.15, 0.2) is 36.7 Å². The maximum absolute atomic E-state index is 6.01. The van der Waals surface area contributed by atoms with Gasteiger partial charge in [-0.1, -0.05) is 17.7 Å². The molecule has 0 saturated heterocycles. The summed E-state index contributed by atoms with van der Waals surface area (Å²) in [4.78, 5) is 11.9. The first-order valence-electron chi connectivity index (χ1n) is 7.42. The van der Waals surface area contributed by atoms with Crippen LogP contribution in [0, 0.1) is 6.92 Å². The van der Waals surface area contributed by atoms with Gasteiger partial charge in [0.2, 0.25) is 0 Å². The SMILES string of the molecule is Cc1nccc([C@@H](C)NCCc2c[nH]c3cc(Cl)ccc23)n1. The molecular formula is C17H19ClN4. The summed E-state index contributed by atoms with van der Waals surface area (Å²) < 4.78 is 0. The molecule has 0 unspecified atom stereocenters. The summed E-state index contributed by atoms with van der Waals surface area (Å²) in [5.41, 5.74) is 3.41. The van der Waals surface area contributed by atoms with Crippen molar-refractivity contribution in [1.29, 1.82) is 0 Å². The van der Waals surface area contributed by atoms with Gasteiger partial charge >= 0.3 is 0 Å². The quantitative estimate of drug-likeness (QED) is 0.753. The van der Waals surface area contributed by atoms with E-state index in [1.807, 2.05) is 25.1 Å². The van der Waals surface area contributed by atoms with Gasteiger partial charge in [-0.05, 0) is 50.6 Å². The molecule has 3 rings (SSSR count). The first-order chi connectivity index (χ1) is 10.6. The number of rotatable bonds is 5. The number of benzene rings is 1. The molecule has 2 heterocycles. The highest BCUT2D eigenvalue weighted by Crippen LogP contribution is 2.22. The largest absolute Gasteiger partial charge is 0.361 e. The molecule has 0 saturated carbocycles. The lowest BCUT2D eigenvalue weighted by Gasteiger charge is -2.13. The molecule has 1 aromatic carbocycles. The lowest BCUT2D eigenvalue weighted by molar-refractivity contribution is 0.562. The number of aryl methyl sites for hydroxylation is 1. The van der Waals surface area contributed by atoms with E-state index in [1.54, 1.807) is 6.20 Å². The first-order valence-corrected chi connectivity index (χ1v) is 7.80. The van der Waals surface area contributed by atoms with Crippen molar-refractivity contribution >= 4 is 22.5 Å². The topological polar surface area (TPSA) is 53.6 Å². The van der Waals surface area contributed by atoms with Crippen LogP contribution in [0.3, 0.4) is 0 Å². The van der Waals surface area contributed by atoms with Crippen molar-refractivity contribution in [3.63, 3.8) is 0 Å². The van der Waals surface area contributed by atoms with Crippen LogP contribution in [0.25, 0.3) is 10.9 Å². The van der Waals surface area contributed by atoms with E-state index in [2.05, 4.69) is 39.5 Å². The average Bonchev–Trinajstić information content (AvgIpc) is 2.89. The van der Waals surface area contributed by atoms with E-state index in [-0.39, 0.29) is 6.04 Å². The molecule has 2 N–H and O–H groups in total. The molecule has 0 aliphatic heterocycles. The minimum atomic E-state index is 0.210. The standard InChI is InChI=1S/C17H19ClN4/c1-11(16-6-8-20-12(2)22-16)19-7-5-13-10-21-17-9-14(18)3-4-15(13)17/h3-4,6,8-11,19,21H,5,7H2,1-2H3/t11-/m1/s1. The zero-order valence-corrected chi connectivity index (χ0v) is 13.5. The van der Waals surface area contributed by atoms with E-state index in [4.69, 9.17) is 11.6 Å². The molecule has 0 amide bonds. The monoisotopic (exact) mass is 314 g/mol. The molecule has 1 atom stereocenters. The number of fused-ring (bicyclic) bond motifs is 1. The lowest BCUT2D eigenvalue weighted by Crippen LogP contribution is -2.22. The molecule has 0 aliphatic rings. The number of nitrogens with zero attached hydrogens (tertiary/aromatic N) is 2. The van der Waals surface area contributed by atoms with Gasteiger partial charge in [0.15, 0.2) is 0 Å². The highest BCUT2D eigenvalue weighted by molar-refractivity contribution is 6.31. The molecule has 22 heavy (non-hydrogen) atoms. The maximum Gasteiger partial charge on any atom is 0.125 e. The van der Waals surface area contributed by atoms with Gasteiger partial charge in [-0.2, -0.15) is 0 Å². The van der Waals surface area contributed by atoms with E-state index in [1.165, 1.54) is 10.9 Å². The number of hydrogen-bond acceptors (Lipinski definition) is 3. The number of halogens is 1. The Kier molecular flexibility index (Phi) is 4.41. The highest BCUT2D eigenvalue weighted by Gasteiger charge is 2.08. The average molecular weight is 315 g/mol. The second kappa shape index (κ2) is 6.46. The molecule has 0 radical (unpaired) electrons. The van der Waals surface area contributed by atoms with Gasteiger partial charge in [0.25, 0.3) is 0 Å². The Morgan fingerprint density at radius 1 is 1.32 bits per heavy atom. The number of aromatic nitrogens is 3. The van der Waals surface area contributed by atoms with Crippen molar-refractivity contribution in [3.8, 4) is 0 Å². The molecule has 0 bridgehead atoms. The fraction of sp³-hybridized carbons (Fsp3) is 0.294. The molecule has 114 valence electrons. The summed E-state index contributed by atoms with van der Waals surface area (Å²) in [6, 6.07) is 8.13. The highest BCUT2D eigenvalue weighted by atomic mass is 35.5. The Morgan fingerprint density at radius 3 is 3.00 bits per heavy atom. The summed E-state index contributed by atoms with van der Waals surface area (Å²) in [6.07, 6.45) is 4.82. The zero-order chi connectivity index (χ0) is 15.5. The van der Waals surface area contributed by atoms with Crippen LogP contribution in [0.5, 0.6) is 0 Å². The van der Waals surface area contributed by atoms with E-state index >= 15 is 0 Å². The minimum Gasteiger partial charge on any atom is -0.361 e. The van der Waals surface area contributed by atoms with Crippen molar-refractivity contribution in [1.82, 2.24) is 20.3 Å². The van der Waals surface area contributed by atoms with Gasteiger partial charge in [0.05, 0.1) is 5.69 Å². The fourth-order valence-corrected chi connectivity index (χ4v) is 2.78. The molecule has 2 aromatic heterocycles. The zero-order valence-electron chi connectivity index (χ0n) is 12.7. The molecule has 3 aromatic rings. The predicted octanol–water partition coefficient (Wildman–Crippen LogP) is 3.81. The predicted molar refractivity (Wildman–Crippen MR) is 90.2 cm³/mol. The maximum atomic E-state index is 6.01. The Bertz CT molecular complexity index is 781. The molecule has 0 aliphatic carbocycles. The Morgan fingerprint density at radius 2 is 2.18 bits per heavy atom. The normalized spacial score (nSPS) is 12.7. The summed E-state index contributed by atoms with van der Waals surface area (Å²) >= 11 is 6.01. The van der Waals surface area contributed by atoms with E-state index in [9.17, 15) is 0 Å². The first kappa shape index (κ1) is 15.0. The van der Waals surface area contributed by atoms with Gasteiger partial charge < -0.3 is 10.3 Å². The van der Waals surface area contributed by atoms with Gasteiger partial charge in [0, 0.05) is 34.4 Å². The third-order valence-electron chi connectivity index (χ3n) is 3.82. The summed E-state index contributed by atoms with van der Waals surface area (Å²) in [5, 5.41) is 5.50. The van der Waals surface area contributed by atoms with Gasteiger partial charge in [-0.3, -0.25) is 0 Å². The Labute approximate surface area is 134 Å². The van der Waals surface area contributed by atoms with Crippen LogP contribution in [0.1, 0.15) is 30.0 Å². The van der Waals surface area contributed by atoms with Crippen molar-refractivity contribution in [3.05, 3.63) is 58.8 Å². The third kappa shape index (κ3) is 3.29. The van der Waals surface area contributed by atoms with Crippen molar-refractivity contribution in [2.75, 3.05) is 6.54 Å². The van der Waals surface area contributed by atoms with Crippen LogP contribution < -0.4 is 5.32 Å². The van der Waals surface area contributed by atoms with Gasteiger partial charge in [-0.25, -0.2) is 9.97 Å². The number of hydrogen-bond donors (Lipinski definition) is 2. The number of aromatic amines is 1. The van der Waals surface area contributed by atoms with Crippen molar-refractivity contribution < 1.29 is 0 Å². The van der Waals surface area contributed by atoms with Crippen molar-refractivity contribution in [2.24, 2.45) is 0 Å². The van der Waals surface area contributed by atoms with Gasteiger partial charge in [0.1, 0.15) is 5.82 Å². The van der Waals surface area contributed by atoms with Crippen LogP contribution in [-0.4, -0.2) is 21.5 Å². The fourth-order valence-electron chi connectivity index (χ4n) is 2.61. The van der Waals surface area contributed by atoms with Crippen LogP contribution in [0.4, 0.5) is 0 Å². The van der Waals surface area contributed by atoms with E-state index in [0.29, 0.717) is 0 Å². The molecule has 0 fully saturated rings. The molecule has 5 heteroatoms. The number of H-pyrrole nitrogens is 1. The lowest BCUT2D eigenvalue weighted by atomic mass is 10.1. The molecular weight excluding hydrogens is 296 g/mol. The Hall–Kier alpha value is -1.91. The molecule has 0 spiro atoms. The molecule has 4 nitrogen and oxygen atoms in total. The van der Waals surface area contributed by atoms with E-state index in [0.717, 1.165) is 35.0 Å². The van der Waals surface area contributed by atoms with Crippen LogP contribution >= 0.6 is 11.6 Å².